The van der Waals surface area contributed by atoms with Crippen LogP contribution in [0.25, 0.3) is 0 Å². The van der Waals surface area contributed by atoms with E-state index in [1.54, 1.807) is 6.07 Å². The van der Waals surface area contributed by atoms with Crippen LogP contribution < -0.4 is 14.2 Å². The summed E-state index contributed by atoms with van der Waals surface area (Å²) in [7, 11) is -0.971. The topological polar surface area (TPSA) is 64.6 Å². The lowest BCUT2D eigenvalue weighted by Crippen LogP contribution is -2.13. The smallest absolute Gasteiger partial charge is 0.261 e. The van der Waals surface area contributed by atoms with Gasteiger partial charge >= 0.3 is 0 Å². The molecule has 1 N–H and O–H groups in total. The van der Waals surface area contributed by atoms with Gasteiger partial charge in [-0.05, 0) is 18.2 Å². The summed E-state index contributed by atoms with van der Waals surface area (Å²) < 4.78 is 50.0. The summed E-state index contributed by atoms with van der Waals surface area (Å²) >= 11 is 0. The number of anilines is 1. The van der Waals surface area contributed by atoms with E-state index < -0.39 is 15.8 Å². The fourth-order valence-electron chi connectivity index (χ4n) is 1.71. The van der Waals surface area contributed by atoms with Crippen molar-refractivity contribution in [1.29, 1.82) is 0 Å². The van der Waals surface area contributed by atoms with Crippen LogP contribution >= 0.6 is 0 Å². The van der Waals surface area contributed by atoms with Crippen molar-refractivity contribution in [3.63, 3.8) is 0 Å². The minimum Gasteiger partial charge on any atom is -0.497 e. The van der Waals surface area contributed by atoms with Crippen molar-refractivity contribution in [2.45, 2.75) is 4.90 Å². The van der Waals surface area contributed by atoms with Crippen LogP contribution in [0.3, 0.4) is 0 Å². The van der Waals surface area contributed by atoms with Crippen molar-refractivity contribution in [3.05, 3.63) is 48.3 Å². The van der Waals surface area contributed by atoms with Crippen molar-refractivity contribution in [1.82, 2.24) is 0 Å². The third kappa shape index (κ3) is 3.63. The molecule has 2 rings (SSSR count). The number of ether oxygens (including phenoxy) is 2. The average Bonchev–Trinajstić information content (AvgIpc) is 2.46. The summed E-state index contributed by atoms with van der Waals surface area (Å²) in [4.78, 5) is -0.163. The van der Waals surface area contributed by atoms with Crippen LogP contribution in [0.2, 0.25) is 0 Å². The largest absolute Gasteiger partial charge is 0.497 e. The summed E-state index contributed by atoms with van der Waals surface area (Å²) in [6, 6.07) is 9.37. The van der Waals surface area contributed by atoms with Crippen molar-refractivity contribution in [2.24, 2.45) is 0 Å². The van der Waals surface area contributed by atoms with Crippen LogP contribution in [0.4, 0.5) is 10.1 Å². The van der Waals surface area contributed by atoms with Gasteiger partial charge in [-0.1, -0.05) is 6.07 Å². The zero-order chi connectivity index (χ0) is 15.5. The first-order chi connectivity index (χ1) is 9.94. The van der Waals surface area contributed by atoms with Crippen LogP contribution in [0.15, 0.2) is 47.4 Å². The van der Waals surface area contributed by atoms with E-state index in [0.717, 1.165) is 6.07 Å². The molecule has 0 unspecified atom stereocenters. The van der Waals surface area contributed by atoms with Gasteiger partial charge in [-0.25, -0.2) is 12.8 Å². The molecule has 5 nitrogen and oxygen atoms in total. The molecule has 0 radical (unpaired) electrons. The number of nitrogens with one attached hydrogen (secondary N) is 1. The number of sulfonamides is 1. The first-order valence-electron chi connectivity index (χ1n) is 5.96. The zero-order valence-corrected chi connectivity index (χ0v) is 12.3. The van der Waals surface area contributed by atoms with Gasteiger partial charge in [0.05, 0.1) is 24.8 Å². The first kappa shape index (κ1) is 15.1. The fraction of sp³-hybridized carbons (Fsp3) is 0.143. The zero-order valence-electron chi connectivity index (χ0n) is 11.5. The molecule has 0 aliphatic heterocycles. The number of halogens is 1. The molecule has 112 valence electrons. The van der Waals surface area contributed by atoms with Crippen LogP contribution in [0.1, 0.15) is 0 Å². The van der Waals surface area contributed by atoms with Gasteiger partial charge in [0.1, 0.15) is 17.3 Å². The Kier molecular flexibility index (Phi) is 4.32. The Morgan fingerprint density at radius 2 is 1.62 bits per heavy atom. The highest BCUT2D eigenvalue weighted by Gasteiger charge is 2.15. The molecule has 0 fully saturated rings. The fourth-order valence-corrected chi connectivity index (χ4v) is 2.79. The Balaban J connectivity index is 2.36. The summed E-state index contributed by atoms with van der Waals surface area (Å²) in [6.07, 6.45) is 0. The number of hydrogen-bond donors (Lipinski definition) is 1. The van der Waals surface area contributed by atoms with E-state index in [4.69, 9.17) is 9.47 Å². The number of benzene rings is 2. The molecular weight excluding hydrogens is 297 g/mol. The van der Waals surface area contributed by atoms with Gasteiger partial charge < -0.3 is 9.47 Å². The summed E-state index contributed by atoms with van der Waals surface area (Å²) in [5.41, 5.74) is 0.260. The Bertz CT molecular complexity index is 724. The molecule has 0 amide bonds. The summed E-state index contributed by atoms with van der Waals surface area (Å²) in [5, 5.41) is 0. The standard InChI is InChI=1S/C14H14FNO4S/c1-19-12-7-11(8-13(9-12)20-2)16-21(17,18)14-5-3-4-10(15)6-14/h3-9,16H,1-2H3. The van der Waals surface area contributed by atoms with Gasteiger partial charge in [0.25, 0.3) is 10.0 Å². The maximum atomic E-state index is 13.1. The second-order valence-electron chi connectivity index (χ2n) is 4.16. The van der Waals surface area contributed by atoms with E-state index in [0.29, 0.717) is 11.5 Å². The second-order valence-corrected chi connectivity index (χ2v) is 5.85. The minimum absolute atomic E-state index is 0.163. The third-order valence-electron chi connectivity index (χ3n) is 2.71. The van der Waals surface area contributed by atoms with Crippen LogP contribution in [-0.2, 0) is 10.0 Å². The van der Waals surface area contributed by atoms with Gasteiger partial charge in [0.15, 0.2) is 0 Å². The normalized spacial score (nSPS) is 11.0. The molecule has 21 heavy (non-hydrogen) atoms. The first-order valence-corrected chi connectivity index (χ1v) is 7.44. The summed E-state index contributed by atoms with van der Waals surface area (Å²) in [5.74, 6) is 0.249. The molecule has 0 spiro atoms. The van der Waals surface area contributed by atoms with Crippen molar-refractivity contribution in [3.8, 4) is 11.5 Å². The van der Waals surface area contributed by atoms with Gasteiger partial charge in [-0.3, -0.25) is 4.72 Å². The van der Waals surface area contributed by atoms with Crippen molar-refractivity contribution >= 4 is 15.7 Å². The van der Waals surface area contributed by atoms with E-state index in [9.17, 15) is 12.8 Å². The molecule has 2 aromatic carbocycles. The molecule has 0 atom stereocenters. The van der Waals surface area contributed by atoms with Gasteiger partial charge in [0.2, 0.25) is 0 Å². The lowest BCUT2D eigenvalue weighted by Gasteiger charge is -2.11. The van der Waals surface area contributed by atoms with Gasteiger partial charge in [-0.15, -0.1) is 0 Å². The number of hydrogen-bond acceptors (Lipinski definition) is 4. The van der Waals surface area contributed by atoms with Gasteiger partial charge in [0, 0.05) is 18.2 Å². The Hall–Kier alpha value is -2.28. The summed E-state index contributed by atoms with van der Waals surface area (Å²) in [6.45, 7) is 0. The molecular formula is C14H14FNO4S. The Morgan fingerprint density at radius 1 is 1.00 bits per heavy atom. The van der Waals surface area contributed by atoms with E-state index in [1.165, 1.54) is 44.6 Å². The van der Waals surface area contributed by atoms with Crippen LogP contribution in [0, 0.1) is 5.82 Å². The van der Waals surface area contributed by atoms with Gasteiger partial charge in [-0.2, -0.15) is 0 Å². The molecule has 0 bridgehead atoms. The third-order valence-corrected chi connectivity index (χ3v) is 4.09. The van der Waals surface area contributed by atoms with E-state index in [2.05, 4.69) is 4.72 Å². The monoisotopic (exact) mass is 311 g/mol. The van der Waals surface area contributed by atoms with E-state index in [1.807, 2.05) is 0 Å². The molecule has 0 heterocycles. The lowest BCUT2D eigenvalue weighted by molar-refractivity contribution is 0.395. The van der Waals surface area contributed by atoms with Crippen molar-refractivity contribution < 1.29 is 22.3 Å². The highest BCUT2D eigenvalue weighted by molar-refractivity contribution is 7.92. The molecule has 0 saturated carbocycles. The second kappa shape index (κ2) is 6.01. The SMILES string of the molecule is COc1cc(NS(=O)(=O)c2cccc(F)c2)cc(OC)c1. The molecule has 0 aliphatic carbocycles. The van der Waals surface area contributed by atoms with E-state index in [-0.39, 0.29) is 10.6 Å². The van der Waals surface area contributed by atoms with Crippen LogP contribution in [-0.4, -0.2) is 22.6 Å². The Labute approximate surface area is 122 Å². The molecule has 2 aromatic rings. The number of methoxy groups -OCH3 is 2. The van der Waals surface area contributed by atoms with Crippen LogP contribution in [0.5, 0.6) is 11.5 Å². The highest BCUT2D eigenvalue weighted by Crippen LogP contribution is 2.27. The molecule has 0 saturated heterocycles. The molecule has 0 aliphatic rings. The Morgan fingerprint density at radius 3 is 2.14 bits per heavy atom. The molecule has 0 aromatic heterocycles. The predicted octanol–water partition coefficient (Wildman–Crippen LogP) is 2.64. The van der Waals surface area contributed by atoms with E-state index >= 15 is 0 Å². The highest BCUT2D eigenvalue weighted by atomic mass is 32.2. The van der Waals surface area contributed by atoms with Crippen molar-refractivity contribution in [2.75, 3.05) is 18.9 Å². The average molecular weight is 311 g/mol. The number of rotatable bonds is 5. The maximum absolute atomic E-state index is 13.1. The molecule has 7 heteroatoms. The minimum atomic E-state index is -3.89. The lowest BCUT2D eigenvalue weighted by atomic mass is 10.3. The predicted molar refractivity (Wildman–Crippen MR) is 76.8 cm³/mol. The maximum Gasteiger partial charge on any atom is 0.261 e. The quantitative estimate of drug-likeness (QED) is 0.922.